The van der Waals surface area contributed by atoms with Crippen molar-refractivity contribution in [1.82, 2.24) is 0 Å². The molecule has 1 unspecified atom stereocenters. The van der Waals surface area contributed by atoms with Gasteiger partial charge in [0.05, 0.1) is 18.3 Å². The smallest absolute Gasteiger partial charge is 0.189 e. The SMILES string of the molecule is NCC(O)c1ccc(F)c2c1OCOC2. The summed E-state index contributed by atoms with van der Waals surface area (Å²) in [6, 6.07) is 2.77. The Morgan fingerprint density at radius 2 is 2.33 bits per heavy atom. The lowest BCUT2D eigenvalue weighted by atomic mass is 10.0. The number of aliphatic hydroxyl groups is 1. The molecule has 2 rings (SSSR count). The minimum absolute atomic E-state index is 0.0702. The van der Waals surface area contributed by atoms with Crippen molar-refractivity contribution >= 4 is 0 Å². The highest BCUT2D eigenvalue weighted by atomic mass is 19.1. The summed E-state index contributed by atoms with van der Waals surface area (Å²) in [5, 5.41) is 9.61. The molecule has 1 aromatic rings. The highest BCUT2D eigenvalue weighted by Gasteiger charge is 2.22. The van der Waals surface area contributed by atoms with Crippen LogP contribution in [0.25, 0.3) is 0 Å². The minimum Gasteiger partial charge on any atom is -0.467 e. The summed E-state index contributed by atoms with van der Waals surface area (Å²) >= 11 is 0. The van der Waals surface area contributed by atoms with E-state index in [0.29, 0.717) is 16.9 Å². The zero-order chi connectivity index (χ0) is 10.8. The van der Waals surface area contributed by atoms with Crippen LogP contribution in [-0.4, -0.2) is 18.4 Å². The van der Waals surface area contributed by atoms with E-state index in [1.807, 2.05) is 0 Å². The molecule has 82 valence electrons. The normalized spacial score (nSPS) is 16.7. The van der Waals surface area contributed by atoms with Crippen molar-refractivity contribution in [2.24, 2.45) is 5.73 Å². The second-order valence-electron chi connectivity index (χ2n) is 3.31. The number of aliphatic hydroxyl groups excluding tert-OH is 1. The molecule has 0 spiro atoms. The third kappa shape index (κ3) is 1.81. The van der Waals surface area contributed by atoms with E-state index < -0.39 is 11.9 Å². The molecule has 3 N–H and O–H groups in total. The third-order valence-corrected chi connectivity index (χ3v) is 2.35. The van der Waals surface area contributed by atoms with Crippen LogP contribution in [0.2, 0.25) is 0 Å². The van der Waals surface area contributed by atoms with Crippen molar-refractivity contribution in [3.8, 4) is 5.75 Å². The zero-order valence-corrected chi connectivity index (χ0v) is 8.07. The summed E-state index contributed by atoms with van der Waals surface area (Å²) in [6.07, 6.45) is -0.836. The molecule has 0 amide bonds. The number of halogens is 1. The lowest BCUT2D eigenvalue weighted by Gasteiger charge is -2.22. The Labute approximate surface area is 86.4 Å². The maximum absolute atomic E-state index is 13.3. The molecule has 0 radical (unpaired) electrons. The summed E-state index contributed by atoms with van der Waals surface area (Å²) in [5.41, 5.74) is 6.20. The van der Waals surface area contributed by atoms with Gasteiger partial charge in [0.1, 0.15) is 11.6 Å². The van der Waals surface area contributed by atoms with Crippen molar-refractivity contribution in [1.29, 1.82) is 0 Å². The van der Waals surface area contributed by atoms with Crippen molar-refractivity contribution in [3.63, 3.8) is 0 Å². The van der Waals surface area contributed by atoms with Crippen LogP contribution in [0.5, 0.6) is 5.75 Å². The van der Waals surface area contributed by atoms with Crippen LogP contribution in [-0.2, 0) is 11.3 Å². The first-order chi connectivity index (χ1) is 7.24. The second kappa shape index (κ2) is 4.14. The Balaban J connectivity index is 2.48. The van der Waals surface area contributed by atoms with E-state index in [2.05, 4.69) is 0 Å². The predicted octanol–water partition coefficient (Wildman–Crippen LogP) is 0.684. The topological polar surface area (TPSA) is 64.7 Å². The number of nitrogens with two attached hydrogens (primary N) is 1. The maximum Gasteiger partial charge on any atom is 0.189 e. The highest BCUT2D eigenvalue weighted by molar-refractivity contribution is 5.44. The molecule has 5 heteroatoms. The van der Waals surface area contributed by atoms with Gasteiger partial charge in [-0.25, -0.2) is 4.39 Å². The van der Waals surface area contributed by atoms with Gasteiger partial charge in [0.15, 0.2) is 6.79 Å². The summed E-state index contributed by atoms with van der Waals surface area (Å²) in [6.45, 7) is 0.301. The molecule has 0 bridgehead atoms. The standard InChI is InChI=1S/C10H12FNO3/c11-8-2-1-6(9(13)3-12)10-7(8)4-14-5-15-10/h1-2,9,13H,3-5,12H2. The number of benzene rings is 1. The monoisotopic (exact) mass is 213 g/mol. The molecule has 0 aliphatic carbocycles. The van der Waals surface area contributed by atoms with Crippen molar-refractivity contribution in [3.05, 3.63) is 29.1 Å². The summed E-state index contributed by atoms with van der Waals surface area (Å²) in [7, 11) is 0. The first-order valence-corrected chi connectivity index (χ1v) is 4.64. The molecule has 0 saturated carbocycles. The third-order valence-electron chi connectivity index (χ3n) is 2.35. The molecule has 1 atom stereocenters. The van der Waals surface area contributed by atoms with E-state index >= 15 is 0 Å². The molecule has 4 nitrogen and oxygen atoms in total. The molecular weight excluding hydrogens is 201 g/mol. The number of rotatable bonds is 2. The molecule has 1 aliphatic rings. The Bertz CT molecular complexity index is 370. The first kappa shape index (κ1) is 10.4. The van der Waals surface area contributed by atoms with Gasteiger partial charge in [0.2, 0.25) is 0 Å². The molecule has 0 saturated heterocycles. The van der Waals surface area contributed by atoms with E-state index in [4.69, 9.17) is 15.2 Å². The van der Waals surface area contributed by atoms with E-state index in [9.17, 15) is 9.50 Å². The second-order valence-corrected chi connectivity index (χ2v) is 3.31. The molecule has 1 aliphatic heterocycles. The average Bonchev–Trinajstić information content (AvgIpc) is 2.29. The van der Waals surface area contributed by atoms with Gasteiger partial charge in [-0.2, -0.15) is 0 Å². The fourth-order valence-corrected chi connectivity index (χ4v) is 1.56. The molecule has 15 heavy (non-hydrogen) atoms. The van der Waals surface area contributed by atoms with E-state index in [1.165, 1.54) is 12.1 Å². The molecule has 0 aromatic heterocycles. The number of fused-ring (bicyclic) bond motifs is 1. The van der Waals surface area contributed by atoms with E-state index in [-0.39, 0.29) is 19.9 Å². The largest absolute Gasteiger partial charge is 0.467 e. The van der Waals surface area contributed by atoms with Gasteiger partial charge in [0, 0.05) is 12.1 Å². The molecule has 0 fully saturated rings. The summed E-state index contributed by atoms with van der Waals surface area (Å²) < 4.78 is 23.5. The molecule has 1 heterocycles. The van der Waals surface area contributed by atoms with Crippen LogP contribution in [0.4, 0.5) is 4.39 Å². The van der Waals surface area contributed by atoms with Crippen molar-refractivity contribution < 1.29 is 19.0 Å². The predicted molar refractivity (Wildman–Crippen MR) is 50.7 cm³/mol. The van der Waals surface area contributed by atoms with E-state index in [0.717, 1.165) is 0 Å². The number of hydrogen-bond donors (Lipinski definition) is 2. The van der Waals surface area contributed by atoms with Crippen LogP contribution in [0.3, 0.4) is 0 Å². The fourth-order valence-electron chi connectivity index (χ4n) is 1.56. The molecule has 1 aromatic carbocycles. The molecular formula is C10H12FNO3. The lowest BCUT2D eigenvalue weighted by molar-refractivity contribution is -0.0203. The number of ether oxygens (including phenoxy) is 2. The Kier molecular flexibility index (Phi) is 2.86. The Morgan fingerprint density at radius 3 is 3.07 bits per heavy atom. The van der Waals surface area contributed by atoms with E-state index in [1.54, 1.807) is 0 Å². The fraction of sp³-hybridized carbons (Fsp3) is 0.400. The average molecular weight is 213 g/mol. The van der Waals surface area contributed by atoms with Gasteiger partial charge in [-0.3, -0.25) is 0 Å². The van der Waals surface area contributed by atoms with Gasteiger partial charge < -0.3 is 20.3 Å². The van der Waals surface area contributed by atoms with Crippen LogP contribution < -0.4 is 10.5 Å². The van der Waals surface area contributed by atoms with Gasteiger partial charge in [0.25, 0.3) is 0 Å². The lowest BCUT2D eigenvalue weighted by Crippen LogP contribution is -2.18. The van der Waals surface area contributed by atoms with Crippen molar-refractivity contribution in [2.45, 2.75) is 12.7 Å². The number of hydrogen-bond acceptors (Lipinski definition) is 4. The summed E-state index contributed by atoms with van der Waals surface area (Å²) in [5.74, 6) is -0.0307. The van der Waals surface area contributed by atoms with Crippen LogP contribution in [0.15, 0.2) is 12.1 Å². The first-order valence-electron chi connectivity index (χ1n) is 4.64. The van der Waals surface area contributed by atoms with Gasteiger partial charge in [-0.05, 0) is 12.1 Å². The van der Waals surface area contributed by atoms with Crippen LogP contribution >= 0.6 is 0 Å². The summed E-state index contributed by atoms with van der Waals surface area (Å²) in [4.78, 5) is 0. The van der Waals surface area contributed by atoms with Gasteiger partial charge in [-0.15, -0.1) is 0 Å². The zero-order valence-electron chi connectivity index (χ0n) is 8.07. The highest BCUT2D eigenvalue weighted by Crippen LogP contribution is 2.33. The Hall–Kier alpha value is -1.17. The quantitative estimate of drug-likeness (QED) is 0.758. The van der Waals surface area contributed by atoms with Gasteiger partial charge in [-0.1, -0.05) is 0 Å². The minimum atomic E-state index is -0.836. The van der Waals surface area contributed by atoms with Crippen LogP contribution in [0.1, 0.15) is 17.2 Å². The Morgan fingerprint density at radius 1 is 1.53 bits per heavy atom. The van der Waals surface area contributed by atoms with Crippen LogP contribution in [0, 0.1) is 5.82 Å². The van der Waals surface area contributed by atoms with Crippen molar-refractivity contribution in [2.75, 3.05) is 13.3 Å². The maximum atomic E-state index is 13.3. The van der Waals surface area contributed by atoms with Gasteiger partial charge >= 0.3 is 0 Å².